The van der Waals surface area contributed by atoms with Crippen molar-refractivity contribution in [1.82, 2.24) is 14.9 Å². The van der Waals surface area contributed by atoms with Crippen molar-refractivity contribution in [1.29, 1.82) is 0 Å². The maximum absolute atomic E-state index is 12.1. The molecule has 1 aliphatic heterocycles. The van der Waals surface area contributed by atoms with Gasteiger partial charge < -0.3 is 19.5 Å². The first kappa shape index (κ1) is 15.8. The zero-order valence-corrected chi connectivity index (χ0v) is 14.0. The van der Waals surface area contributed by atoms with Gasteiger partial charge in [0.25, 0.3) is 0 Å². The minimum absolute atomic E-state index is 0.0688. The van der Waals surface area contributed by atoms with Crippen molar-refractivity contribution < 1.29 is 9.53 Å². The number of methoxy groups -OCH3 is 1. The first-order valence-corrected chi connectivity index (χ1v) is 8.03. The van der Waals surface area contributed by atoms with E-state index in [1.807, 2.05) is 23.4 Å². The third-order valence-electron chi connectivity index (χ3n) is 4.85. The molecule has 6 heteroatoms. The van der Waals surface area contributed by atoms with Crippen LogP contribution in [0.15, 0.2) is 24.5 Å². The van der Waals surface area contributed by atoms with Crippen molar-refractivity contribution in [2.45, 2.75) is 19.4 Å². The van der Waals surface area contributed by atoms with Crippen LogP contribution in [-0.2, 0) is 9.53 Å². The molecule has 0 bridgehead atoms. The van der Waals surface area contributed by atoms with E-state index in [2.05, 4.69) is 34.9 Å². The van der Waals surface area contributed by atoms with Crippen LogP contribution in [0.25, 0.3) is 11.0 Å². The number of aromatic amines is 1. The Kier molecular flexibility index (Phi) is 4.52. The summed E-state index contributed by atoms with van der Waals surface area (Å²) in [5, 5.41) is 1.11. The fourth-order valence-corrected chi connectivity index (χ4v) is 3.43. The SMILES string of the molecule is COCC(=O)N1CCC(C)C(N(C)c2ccnc3[nH]ccc23)C1. The number of hydrogen-bond acceptors (Lipinski definition) is 4. The number of piperidine rings is 1. The molecule has 1 saturated heterocycles. The van der Waals surface area contributed by atoms with Crippen molar-refractivity contribution in [3.63, 3.8) is 0 Å². The Hall–Kier alpha value is -2.08. The van der Waals surface area contributed by atoms with Crippen LogP contribution in [0.4, 0.5) is 5.69 Å². The van der Waals surface area contributed by atoms with E-state index in [0.717, 1.165) is 36.2 Å². The molecule has 0 spiro atoms. The number of likely N-dealkylation sites (tertiary alicyclic amines) is 1. The molecule has 6 nitrogen and oxygen atoms in total. The molecule has 2 atom stereocenters. The van der Waals surface area contributed by atoms with Crippen molar-refractivity contribution >= 4 is 22.6 Å². The second-order valence-corrected chi connectivity index (χ2v) is 6.29. The van der Waals surface area contributed by atoms with Gasteiger partial charge in [0.15, 0.2) is 0 Å². The summed E-state index contributed by atoms with van der Waals surface area (Å²) in [7, 11) is 3.67. The van der Waals surface area contributed by atoms with Gasteiger partial charge >= 0.3 is 0 Å². The zero-order valence-electron chi connectivity index (χ0n) is 14.0. The molecule has 0 radical (unpaired) electrons. The number of pyridine rings is 1. The minimum Gasteiger partial charge on any atom is -0.375 e. The van der Waals surface area contributed by atoms with Crippen LogP contribution >= 0.6 is 0 Å². The Morgan fingerprint density at radius 3 is 3.13 bits per heavy atom. The quantitative estimate of drug-likeness (QED) is 0.935. The predicted molar refractivity (Wildman–Crippen MR) is 90.5 cm³/mol. The van der Waals surface area contributed by atoms with Crippen LogP contribution in [0.2, 0.25) is 0 Å². The number of likely N-dealkylation sites (N-methyl/N-ethyl adjacent to an activating group) is 1. The summed E-state index contributed by atoms with van der Waals surface area (Å²) in [4.78, 5) is 23.9. The topological polar surface area (TPSA) is 61.5 Å². The van der Waals surface area contributed by atoms with E-state index in [4.69, 9.17) is 4.74 Å². The summed E-state index contributed by atoms with van der Waals surface area (Å²) < 4.78 is 4.99. The van der Waals surface area contributed by atoms with Crippen LogP contribution in [-0.4, -0.2) is 60.7 Å². The Labute approximate surface area is 136 Å². The van der Waals surface area contributed by atoms with Gasteiger partial charge in [-0.25, -0.2) is 4.98 Å². The van der Waals surface area contributed by atoms with E-state index in [-0.39, 0.29) is 18.6 Å². The number of amides is 1. The Balaban J connectivity index is 1.83. The molecule has 0 saturated carbocycles. The lowest BCUT2D eigenvalue weighted by Gasteiger charge is -2.42. The van der Waals surface area contributed by atoms with E-state index in [1.165, 1.54) is 0 Å². The van der Waals surface area contributed by atoms with Crippen LogP contribution in [0, 0.1) is 5.92 Å². The van der Waals surface area contributed by atoms with Crippen molar-refractivity contribution in [3.8, 4) is 0 Å². The molecule has 1 fully saturated rings. The van der Waals surface area contributed by atoms with E-state index in [9.17, 15) is 4.79 Å². The average molecular weight is 316 g/mol. The van der Waals surface area contributed by atoms with Crippen molar-refractivity contribution in [3.05, 3.63) is 24.5 Å². The van der Waals surface area contributed by atoms with Gasteiger partial charge in [0.1, 0.15) is 12.3 Å². The molecule has 1 aliphatic rings. The highest BCUT2D eigenvalue weighted by molar-refractivity contribution is 5.89. The normalized spacial score (nSPS) is 21.6. The van der Waals surface area contributed by atoms with Crippen LogP contribution in [0.3, 0.4) is 0 Å². The number of ether oxygens (including phenoxy) is 1. The summed E-state index contributed by atoms with van der Waals surface area (Å²) in [5.74, 6) is 0.591. The molecule has 2 aromatic rings. The third-order valence-corrected chi connectivity index (χ3v) is 4.85. The lowest BCUT2D eigenvalue weighted by Crippen LogP contribution is -2.53. The van der Waals surface area contributed by atoms with Gasteiger partial charge in [-0.15, -0.1) is 0 Å². The molecular formula is C17H24N4O2. The number of H-pyrrole nitrogens is 1. The second kappa shape index (κ2) is 6.58. The van der Waals surface area contributed by atoms with Crippen LogP contribution in [0.5, 0.6) is 0 Å². The smallest absolute Gasteiger partial charge is 0.248 e. The summed E-state index contributed by atoms with van der Waals surface area (Å²) in [6.07, 6.45) is 4.74. The first-order chi connectivity index (χ1) is 11.1. The predicted octanol–water partition coefficient (Wildman–Crippen LogP) is 1.88. The number of anilines is 1. The fourth-order valence-electron chi connectivity index (χ4n) is 3.43. The second-order valence-electron chi connectivity index (χ2n) is 6.29. The largest absolute Gasteiger partial charge is 0.375 e. The highest BCUT2D eigenvalue weighted by Crippen LogP contribution is 2.30. The summed E-state index contributed by atoms with van der Waals surface area (Å²) in [6.45, 7) is 3.95. The van der Waals surface area contributed by atoms with Gasteiger partial charge in [-0.1, -0.05) is 6.92 Å². The van der Waals surface area contributed by atoms with E-state index >= 15 is 0 Å². The monoisotopic (exact) mass is 316 g/mol. The molecule has 3 heterocycles. The van der Waals surface area contributed by atoms with Gasteiger partial charge in [-0.2, -0.15) is 0 Å². The Bertz CT molecular complexity index is 684. The highest BCUT2D eigenvalue weighted by atomic mass is 16.5. The maximum atomic E-state index is 12.1. The molecule has 0 aliphatic carbocycles. The summed E-state index contributed by atoms with van der Waals surface area (Å²) in [5.41, 5.74) is 2.04. The highest BCUT2D eigenvalue weighted by Gasteiger charge is 2.32. The number of carbonyl (C=O) groups is 1. The van der Waals surface area contributed by atoms with Gasteiger partial charge in [-0.3, -0.25) is 4.79 Å². The molecule has 3 rings (SSSR count). The van der Waals surface area contributed by atoms with Gasteiger partial charge in [0.2, 0.25) is 5.91 Å². The molecule has 1 amide bonds. The average Bonchev–Trinajstić information content (AvgIpc) is 3.03. The molecule has 124 valence electrons. The Morgan fingerprint density at radius 2 is 2.35 bits per heavy atom. The van der Waals surface area contributed by atoms with E-state index < -0.39 is 0 Å². The maximum Gasteiger partial charge on any atom is 0.248 e. The van der Waals surface area contributed by atoms with Crippen molar-refractivity contribution in [2.24, 2.45) is 5.92 Å². The molecule has 0 aromatic carbocycles. The van der Waals surface area contributed by atoms with Gasteiger partial charge in [0, 0.05) is 56.8 Å². The minimum atomic E-state index is 0.0688. The number of carbonyl (C=O) groups excluding carboxylic acids is 1. The van der Waals surface area contributed by atoms with Gasteiger partial charge in [0.05, 0.1) is 0 Å². The van der Waals surface area contributed by atoms with Crippen molar-refractivity contribution in [2.75, 3.05) is 38.8 Å². The first-order valence-electron chi connectivity index (χ1n) is 8.03. The number of aromatic nitrogens is 2. The molecular weight excluding hydrogens is 292 g/mol. The number of rotatable bonds is 4. The number of nitrogens with one attached hydrogen (secondary N) is 1. The number of hydrogen-bond donors (Lipinski definition) is 1. The fraction of sp³-hybridized carbons (Fsp3) is 0.529. The standard InChI is InChI=1S/C17H24N4O2/c1-12-6-9-21(16(22)11-23-3)10-15(12)20(2)14-5-8-19-17-13(14)4-7-18-17/h4-5,7-8,12,15H,6,9-11H2,1-3H3,(H,18,19). The zero-order chi connectivity index (χ0) is 16.4. The molecule has 1 N–H and O–H groups in total. The van der Waals surface area contributed by atoms with Crippen LogP contribution < -0.4 is 4.90 Å². The Morgan fingerprint density at radius 1 is 1.52 bits per heavy atom. The van der Waals surface area contributed by atoms with Crippen LogP contribution in [0.1, 0.15) is 13.3 Å². The number of fused-ring (bicyclic) bond motifs is 1. The number of nitrogens with zero attached hydrogens (tertiary/aromatic N) is 3. The lowest BCUT2D eigenvalue weighted by atomic mass is 9.92. The molecule has 2 aromatic heterocycles. The lowest BCUT2D eigenvalue weighted by molar-refractivity contribution is -0.136. The molecule has 2 unspecified atom stereocenters. The van der Waals surface area contributed by atoms with E-state index in [1.54, 1.807) is 7.11 Å². The summed E-state index contributed by atoms with van der Waals surface area (Å²) in [6, 6.07) is 4.37. The third kappa shape index (κ3) is 3.03. The summed E-state index contributed by atoms with van der Waals surface area (Å²) >= 11 is 0. The van der Waals surface area contributed by atoms with E-state index in [0.29, 0.717) is 5.92 Å². The molecule has 23 heavy (non-hydrogen) atoms. The van der Waals surface area contributed by atoms with Gasteiger partial charge in [-0.05, 0) is 24.5 Å².